The lowest BCUT2D eigenvalue weighted by Crippen LogP contribution is -2.30. The second kappa shape index (κ2) is 10.3. The molecule has 0 aliphatic carbocycles. The predicted octanol–water partition coefficient (Wildman–Crippen LogP) is 3.90. The van der Waals surface area contributed by atoms with Gasteiger partial charge in [0.1, 0.15) is 17.1 Å². The molecule has 0 saturated heterocycles. The number of nitrogens with one attached hydrogen (secondary N) is 1. The zero-order chi connectivity index (χ0) is 22.4. The van der Waals surface area contributed by atoms with Crippen molar-refractivity contribution in [3.05, 3.63) is 75.1 Å². The smallest absolute Gasteiger partial charge is 0.196 e. The number of nitrogens with two attached hydrogens (primary N) is 1. The van der Waals surface area contributed by atoms with Gasteiger partial charge in [-0.05, 0) is 61.3 Å². The van der Waals surface area contributed by atoms with Crippen molar-refractivity contribution < 1.29 is 9.15 Å². The molecule has 6 heteroatoms. The van der Waals surface area contributed by atoms with Gasteiger partial charge in [0.2, 0.25) is 0 Å². The Morgan fingerprint density at radius 3 is 2.71 bits per heavy atom. The van der Waals surface area contributed by atoms with Gasteiger partial charge in [-0.15, -0.1) is 0 Å². The van der Waals surface area contributed by atoms with E-state index in [1.165, 1.54) is 0 Å². The number of fused-ring (bicyclic) bond motifs is 1. The van der Waals surface area contributed by atoms with Gasteiger partial charge >= 0.3 is 0 Å². The molecule has 0 amide bonds. The lowest BCUT2D eigenvalue weighted by molar-refractivity contribution is 0.342. The van der Waals surface area contributed by atoms with E-state index < -0.39 is 0 Å². The number of hydrogen-bond acceptors (Lipinski definition) is 6. The summed E-state index contributed by atoms with van der Waals surface area (Å²) in [5.74, 6) is 1.54. The fourth-order valence-electron chi connectivity index (χ4n) is 3.71. The highest BCUT2D eigenvalue weighted by atomic mass is 16.5. The molecular formula is C25H29N3O3. The van der Waals surface area contributed by atoms with E-state index in [2.05, 4.69) is 25.2 Å². The van der Waals surface area contributed by atoms with Gasteiger partial charge in [-0.2, -0.15) is 5.26 Å². The summed E-state index contributed by atoms with van der Waals surface area (Å²) in [5.41, 5.74) is 8.06. The number of methoxy groups -OCH3 is 1. The fraction of sp³-hybridized carbons (Fsp3) is 0.360. The van der Waals surface area contributed by atoms with E-state index in [1.54, 1.807) is 25.3 Å². The maximum atomic E-state index is 13.5. The van der Waals surface area contributed by atoms with Crippen molar-refractivity contribution in [1.82, 2.24) is 5.32 Å². The molecule has 0 aliphatic rings. The van der Waals surface area contributed by atoms with Crippen LogP contribution in [0.5, 0.6) is 5.75 Å². The van der Waals surface area contributed by atoms with Crippen molar-refractivity contribution in [2.24, 2.45) is 11.7 Å². The number of rotatable bonds is 9. The summed E-state index contributed by atoms with van der Waals surface area (Å²) >= 11 is 0. The second-order valence-corrected chi connectivity index (χ2v) is 7.94. The van der Waals surface area contributed by atoms with Crippen molar-refractivity contribution in [3.63, 3.8) is 0 Å². The van der Waals surface area contributed by atoms with Crippen LogP contribution in [0.4, 0.5) is 0 Å². The number of ether oxygens (including phenoxy) is 1. The summed E-state index contributed by atoms with van der Waals surface area (Å²) in [7, 11) is 1.62. The van der Waals surface area contributed by atoms with Crippen LogP contribution in [0.2, 0.25) is 0 Å². The van der Waals surface area contributed by atoms with E-state index in [-0.39, 0.29) is 17.4 Å². The molecule has 2 aromatic carbocycles. The van der Waals surface area contributed by atoms with Gasteiger partial charge in [0, 0.05) is 12.0 Å². The van der Waals surface area contributed by atoms with Crippen LogP contribution in [0.3, 0.4) is 0 Å². The Labute approximate surface area is 182 Å². The van der Waals surface area contributed by atoms with Crippen LogP contribution in [-0.4, -0.2) is 20.2 Å². The summed E-state index contributed by atoms with van der Waals surface area (Å²) < 4.78 is 11.7. The first kappa shape index (κ1) is 22.5. The highest BCUT2D eigenvalue weighted by Crippen LogP contribution is 2.29. The van der Waals surface area contributed by atoms with Gasteiger partial charge in [-0.25, -0.2) is 0 Å². The van der Waals surface area contributed by atoms with Gasteiger partial charge in [0.25, 0.3) is 0 Å². The predicted molar refractivity (Wildman–Crippen MR) is 122 cm³/mol. The van der Waals surface area contributed by atoms with E-state index in [0.29, 0.717) is 40.8 Å². The minimum atomic E-state index is -0.157. The Morgan fingerprint density at radius 1 is 1.23 bits per heavy atom. The molecule has 0 fully saturated rings. The number of hydrogen-bond donors (Lipinski definition) is 2. The largest absolute Gasteiger partial charge is 0.497 e. The number of nitrogens with zero attached hydrogens (tertiary/aromatic N) is 1. The Bertz CT molecular complexity index is 1140. The molecule has 1 aromatic heterocycles. The lowest BCUT2D eigenvalue weighted by atomic mass is 9.93. The molecule has 162 valence electrons. The molecule has 3 aromatic rings. The Hall–Kier alpha value is -3.14. The third-order valence-corrected chi connectivity index (χ3v) is 5.36. The maximum absolute atomic E-state index is 13.5. The zero-order valence-electron chi connectivity index (χ0n) is 18.3. The first-order valence-electron chi connectivity index (χ1n) is 10.5. The molecular weight excluding hydrogens is 390 g/mol. The molecule has 0 aliphatic heterocycles. The molecule has 6 nitrogen and oxygen atoms in total. The van der Waals surface area contributed by atoms with Crippen LogP contribution >= 0.6 is 0 Å². The van der Waals surface area contributed by atoms with E-state index in [0.717, 1.165) is 24.3 Å². The molecule has 0 spiro atoms. The fourth-order valence-corrected chi connectivity index (χ4v) is 3.71. The van der Waals surface area contributed by atoms with Crippen molar-refractivity contribution in [1.29, 1.82) is 5.26 Å². The second-order valence-electron chi connectivity index (χ2n) is 7.94. The van der Waals surface area contributed by atoms with Crippen LogP contribution in [0.1, 0.15) is 48.8 Å². The minimum absolute atomic E-state index is 0.0742. The average Bonchev–Trinajstić information content (AvgIpc) is 2.78. The van der Waals surface area contributed by atoms with Gasteiger partial charge in [0.05, 0.1) is 30.2 Å². The molecule has 0 bridgehead atoms. The highest BCUT2D eigenvalue weighted by Gasteiger charge is 2.25. The van der Waals surface area contributed by atoms with Crippen LogP contribution in [0, 0.1) is 17.2 Å². The summed E-state index contributed by atoms with van der Waals surface area (Å²) in [4.78, 5) is 13.5. The molecule has 31 heavy (non-hydrogen) atoms. The first-order chi connectivity index (χ1) is 15.0. The minimum Gasteiger partial charge on any atom is -0.497 e. The summed E-state index contributed by atoms with van der Waals surface area (Å²) in [6.07, 6.45) is 1.25. The Balaban J connectivity index is 2.18. The van der Waals surface area contributed by atoms with Crippen molar-refractivity contribution in [2.75, 3.05) is 20.2 Å². The molecule has 3 rings (SSSR count). The molecule has 3 N–H and O–H groups in total. The molecule has 1 heterocycles. The number of nitriles is 1. The Morgan fingerprint density at radius 2 is 2.03 bits per heavy atom. The quantitative estimate of drug-likeness (QED) is 0.510. The van der Waals surface area contributed by atoms with Crippen LogP contribution in [-0.2, 0) is 6.42 Å². The van der Waals surface area contributed by atoms with Gasteiger partial charge in [-0.1, -0.05) is 26.0 Å². The van der Waals surface area contributed by atoms with Crippen LogP contribution in [0.15, 0.2) is 51.7 Å². The summed E-state index contributed by atoms with van der Waals surface area (Å²) in [5, 5.41) is 13.2. The lowest BCUT2D eigenvalue weighted by Gasteiger charge is -2.24. The maximum Gasteiger partial charge on any atom is 0.196 e. The molecule has 0 radical (unpaired) electrons. The Kier molecular flexibility index (Phi) is 7.45. The van der Waals surface area contributed by atoms with Crippen molar-refractivity contribution in [2.45, 2.75) is 32.7 Å². The van der Waals surface area contributed by atoms with Gasteiger partial charge in [-0.3, -0.25) is 4.79 Å². The van der Waals surface area contributed by atoms with E-state index in [9.17, 15) is 10.1 Å². The number of benzene rings is 2. The van der Waals surface area contributed by atoms with Crippen LogP contribution in [0.25, 0.3) is 11.0 Å². The standard InChI is InChI=1S/C25H29N3O3/c1-16(2)23(28-11-5-10-26)25-21(13-17-6-4-7-19(12-17)30-3)24(29)20-9-8-18(15-27)14-22(20)31-25/h4,6-9,12,14,16,23,28H,5,10-11,13,26H2,1-3H3. The van der Waals surface area contributed by atoms with E-state index in [4.69, 9.17) is 14.9 Å². The molecule has 1 atom stereocenters. The van der Waals surface area contributed by atoms with E-state index >= 15 is 0 Å². The molecule has 0 saturated carbocycles. The van der Waals surface area contributed by atoms with Crippen molar-refractivity contribution >= 4 is 11.0 Å². The first-order valence-corrected chi connectivity index (χ1v) is 10.5. The van der Waals surface area contributed by atoms with Gasteiger partial charge < -0.3 is 20.2 Å². The topological polar surface area (TPSA) is 101 Å². The van der Waals surface area contributed by atoms with E-state index in [1.807, 2.05) is 24.3 Å². The van der Waals surface area contributed by atoms with Crippen LogP contribution < -0.4 is 21.2 Å². The van der Waals surface area contributed by atoms with Gasteiger partial charge in [0.15, 0.2) is 5.43 Å². The summed E-state index contributed by atoms with van der Waals surface area (Å²) in [6.45, 7) is 5.48. The zero-order valence-corrected chi connectivity index (χ0v) is 18.3. The average molecular weight is 420 g/mol. The SMILES string of the molecule is COc1cccc(Cc2c(C(NCCCN)C(C)C)oc3cc(C#N)ccc3c2=O)c1. The van der Waals surface area contributed by atoms with Crippen molar-refractivity contribution in [3.8, 4) is 11.8 Å². The normalized spacial score (nSPS) is 12.1. The highest BCUT2D eigenvalue weighted by molar-refractivity contribution is 5.79. The third kappa shape index (κ3) is 5.13. The summed E-state index contributed by atoms with van der Waals surface area (Å²) in [6, 6.07) is 14.6. The molecule has 1 unspecified atom stereocenters. The third-order valence-electron chi connectivity index (χ3n) is 5.36. The monoisotopic (exact) mass is 419 g/mol.